The van der Waals surface area contributed by atoms with Crippen LogP contribution in [0.4, 0.5) is 0 Å². The smallest absolute Gasteiger partial charge is 0.140 e. The normalized spacial score (nSPS) is 39.0. The molecule has 0 saturated heterocycles. The van der Waals surface area contributed by atoms with Crippen molar-refractivity contribution in [3.8, 4) is 0 Å². The summed E-state index contributed by atoms with van der Waals surface area (Å²) in [5.74, 6) is 2.01. The predicted molar refractivity (Wildman–Crippen MR) is 60.4 cm³/mol. The largest absolute Gasteiger partial charge is 0.299 e. The fourth-order valence-corrected chi connectivity index (χ4v) is 3.85. The number of hydrogen-bond donors (Lipinski definition) is 0. The highest BCUT2D eigenvalue weighted by Crippen LogP contribution is 2.67. The number of hydrogen-bond acceptors (Lipinski definition) is 1. The Kier molecular flexibility index (Phi) is 1.64. The van der Waals surface area contributed by atoms with Crippen molar-refractivity contribution in [1.82, 2.24) is 0 Å². The van der Waals surface area contributed by atoms with Gasteiger partial charge in [-0.05, 0) is 49.9 Å². The first-order valence-electron chi connectivity index (χ1n) is 6.20. The molecule has 2 atom stereocenters. The van der Waals surface area contributed by atoms with Crippen molar-refractivity contribution in [2.45, 2.75) is 46.5 Å². The third kappa shape index (κ3) is 1.02. The van der Waals surface area contributed by atoms with Gasteiger partial charge in [0.05, 0.1) is 0 Å². The molecule has 2 fully saturated rings. The summed E-state index contributed by atoms with van der Waals surface area (Å²) < 4.78 is 0. The quantitative estimate of drug-likeness (QED) is 0.630. The molecule has 4 aliphatic carbocycles. The van der Waals surface area contributed by atoms with Crippen LogP contribution < -0.4 is 0 Å². The van der Waals surface area contributed by atoms with Gasteiger partial charge in [-0.25, -0.2) is 0 Å². The van der Waals surface area contributed by atoms with Crippen LogP contribution in [0.15, 0.2) is 11.6 Å². The van der Waals surface area contributed by atoms with Crippen LogP contribution in [0.25, 0.3) is 0 Å². The van der Waals surface area contributed by atoms with Crippen molar-refractivity contribution in [1.29, 1.82) is 0 Å². The van der Waals surface area contributed by atoms with Crippen molar-refractivity contribution < 1.29 is 4.79 Å². The SMILES string of the molecule is CC(=O)C1(C2=CCC3CC2C3(C)C)CC1. The van der Waals surface area contributed by atoms with Crippen LogP contribution in [0.3, 0.4) is 0 Å². The van der Waals surface area contributed by atoms with Crippen LogP contribution in [0.5, 0.6) is 0 Å². The molecule has 0 heterocycles. The van der Waals surface area contributed by atoms with Crippen molar-refractivity contribution in [3.05, 3.63) is 11.6 Å². The second kappa shape index (κ2) is 2.56. The number of carbonyl (C=O) groups excluding carboxylic acids is 1. The van der Waals surface area contributed by atoms with E-state index in [1.54, 1.807) is 6.92 Å². The molecule has 2 bridgehead atoms. The van der Waals surface area contributed by atoms with Gasteiger partial charge >= 0.3 is 0 Å². The molecule has 0 aliphatic heterocycles. The van der Waals surface area contributed by atoms with Gasteiger partial charge in [-0.3, -0.25) is 4.79 Å². The van der Waals surface area contributed by atoms with E-state index in [0.29, 0.717) is 17.1 Å². The van der Waals surface area contributed by atoms with Gasteiger partial charge in [-0.2, -0.15) is 0 Å². The minimum absolute atomic E-state index is 0.00727. The molecule has 0 spiro atoms. The van der Waals surface area contributed by atoms with E-state index in [2.05, 4.69) is 19.9 Å². The molecule has 1 heteroatoms. The van der Waals surface area contributed by atoms with Crippen LogP contribution in [0, 0.1) is 22.7 Å². The summed E-state index contributed by atoms with van der Waals surface area (Å²) in [5, 5.41) is 0. The van der Waals surface area contributed by atoms with Gasteiger partial charge in [0.2, 0.25) is 0 Å². The van der Waals surface area contributed by atoms with E-state index < -0.39 is 0 Å². The lowest BCUT2D eigenvalue weighted by molar-refractivity contribution is -0.122. The van der Waals surface area contributed by atoms with E-state index in [0.717, 1.165) is 18.8 Å². The molecule has 15 heavy (non-hydrogen) atoms. The van der Waals surface area contributed by atoms with Crippen molar-refractivity contribution in [3.63, 3.8) is 0 Å². The summed E-state index contributed by atoms with van der Waals surface area (Å²) >= 11 is 0. The second-order valence-electron chi connectivity index (χ2n) is 6.34. The lowest BCUT2D eigenvalue weighted by Crippen LogP contribution is -2.50. The third-order valence-corrected chi connectivity index (χ3v) is 5.44. The summed E-state index contributed by atoms with van der Waals surface area (Å²) in [6.07, 6.45) is 7.19. The Morgan fingerprint density at radius 2 is 2.07 bits per heavy atom. The maximum absolute atomic E-state index is 11.8. The van der Waals surface area contributed by atoms with Gasteiger partial charge < -0.3 is 0 Å². The fourth-order valence-electron chi connectivity index (χ4n) is 3.85. The Morgan fingerprint density at radius 1 is 1.40 bits per heavy atom. The van der Waals surface area contributed by atoms with Gasteiger partial charge in [0.1, 0.15) is 5.78 Å². The number of rotatable bonds is 2. The molecule has 0 amide bonds. The molecule has 1 nitrogen and oxygen atoms in total. The second-order valence-corrected chi connectivity index (χ2v) is 6.34. The average molecular weight is 204 g/mol. The zero-order valence-corrected chi connectivity index (χ0v) is 9.97. The van der Waals surface area contributed by atoms with Crippen LogP contribution in [0.2, 0.25) is 0 Å². The maximum atomic E-state index is 11.8. The summed E-state index contributed by atoms with van der Waals surface area (Å²) in [4.78, 5) is 11.8. The van der Waals surface area contributed by atoms with E-state index >= 15 is 0 Å². The number of carbonyl (C=O) groups is 1. The molecule has 0 aromatic carbocycles. The molecular formula is C14H20O. The highest BCUT2D eigenvalue weighted by molar-refractivity contribution is 5.88. The Bertz CT molecular complexity index is 358. The standard InChI is InChI=1S/C14H20O/c1-9(15)14(6-7-14)11-5-4-10-8-12(11)13(10,2)3/h5,10,12H,4,6-8H2,1-3H3. The van der Waals surface area contributed by atoms with Gasteiger partial charge in [-0.1, -0.05) is 25.5 Å². The van der Waals surface area contributed by atoms with Crippen LogP contribution in [-0.4, -0.2) is 5.78 Å². The van der Waals surface area contributed by atoms with Gasteiger partial charge in [0.25, 0.3) is 0 Å². The molecular weight excluding hydrogens is 184 g/mol. The molecule has 2 unspecified atom stereocenters. The van der Waals surface area contributed by atoms with Crippen LogP contribution in [-0.2, 0) is 4.79 Å². The zero-order valence-electron chi connectivity index (χ0n) is 9.97. The first-order valence-corrected chi connectivity index (χ1v) is 6.20. The molecule has 0 aromatic heterocycles. The Labute approximate surface area is 91.9 Å². The maximum Gasteiger partial charge on any atom is 0.140 e. The van der Waals surface area contributed by atoms with E-state index in [9.17, 15) is 4.79 Å². The number of allylic oxidation sites excluding steroid dienone is 2. The van der Waals surface area contributed by atoms with E-state index in [1.807, 2.05) is 0 Å². The van der Waals surface area contributed by atoms with E-state index in [4.69, 9.17) is 0 Å². The lowest BCUT2D eigenvalue weighted by Gasteiger charge is -2.57. The number of Topliss-reactive ketones (excluding diaryl/α,β-unsaturated/α-hetero) is 1. The zero-order chi connectivity index (χ0) is 10.8. The number of fused-ring (bicyclic) bond motifs is 1. The van der Waals surface area contributed by atoms with Crippen molar-refractivity contribution in [2.24, 2.45) is 22.7 Å². The molecule has 82 valence electrons. The highest BCUT2D eigenvalue weighted by Gasteiger charge is 2.60. The Morgan fingerprint density at radius 3 is 2.47 bits per heavy atom. The fraction of sp³-hybridized carbons (Fsp3) is 0.786. The van der Waals surface area contributed by atoms with E-state index in [-0.39, 0.29) is 5.41 Å². The first kappa shape index (κ1) is 9.62. The summed E-state index contributed by atoms with van der Waals surface area (Å²) in [7, 11) is 0. The summed E-state index contributed by atoms with van der Waals surface area (Å²) in [6, 6.07) is 0. The molecule has 0 N–H and O–H groups in total. The molecule has 4 aliphatic rings. The molecule has 0 radical (unpaired) electrons. The molecule has 4 rings (SSSR count). The topological polar surface area (TPSA) is 17.1 Å². The van der Waals surface area contributed by atoms with Gasteiger partial charge in [0.15, 0.2) is 0 Å². The average Bonchev–Trinajstić information content (AvgIpc) is 2.98. The first-order chi connectivity index (χ1) is 6.98. The highest BCUT2D eigenvalue weighted by atomic mass is 16.1. The lowest BCUT2D eigenvalue weighted by atomic mass is 9.47. The molecule has 2 saturated carbocycles. The minimum Gasteiger partial charge on any atom is -0.299 e. The summed E-state index contributed by atoms with van der Waals surface area (Å²) in [5.41, 5.74) is 1.99. The van der Waals surface area contributed by atoms with E-state index in [1.165, 1.54) is 18.4 Å². The monoisotopic (exact) mass is 204 g/mol. The van der Waals surface area contributed by atoms with Gasteiger partial charge in [0, 0.05) is 5.41 Å². The Hall–Kier alpha value is -0.590. The van der Waals surface area contributed by atoms with Crippen LogP contribution >= 0.6 is 0 Å². The third-order valence-electron chi connectivity index (χ3n) is 5.44. The van der Waals surface area contributed by atoms with Gasteiger partial charge in [-0.15, -0.1) is 0 Å². The van der Waals surface area contributed by atoms with Crippen molar-refractivity contribution >= 4 is 5.78 Å². The minimum atomic E-state index is 0.00727. The van der Waals surface area contributed by atoms with Crippen LogP contribution in [0.1, 0.15) is 46.5 Å². The summed E-state index contributed by atoms with van der Waals surface area (Å²) in [6.45, 7) is 6.55. The van der Waals surface area contributed by atoms with Crippen molar-refractivity contribution in [2.75, 3.05) is 0 Å². The predicted octanol–water partition coefficient (Wildman–Crippen LogP) is 3.35. The Balaban J connectivity index is 1.95. The molecule has 0 aromatic rings. The number of ketones is 1.